The lowest BCUT2D eigenvalue weighted by Crippen LogP contribution is -2.35. The summed E-state index contributed by atoms with van der Waals surface area (Å²) >= 11 is 0. The predicted molar refractivity (Wildman–Crippen MR) is 124 cm³/mol. The van der Waals surface area contributed by atoms with Crippen LogP contribution in [0.3, 0.4) is 0 Å². The molecule has 2 fully saturated rings. The number of morpholine rings is 1. The Kier molecular flexibility index (Phi) is 6.05. The fourth-order valence-electron chi connectivity index (χ4n) is 4.10. The number of rotatable bonds is 6. The largest absolute Gasteiger partial charge is 0.444 e. The van der Waals surface area contributed by atoms with Crippen LogP contribution in [-0.2, 0) is 11.3 Å². The van der Waals surface area contributed by atoms with Gasteiger partial charge in [-0.05, 0) is 47.3 Å². The molecular formula is C23H32N6O3. The van der Waals surface area contributed by atoms with Gasteiger partial charge in [0.25, 0.3) is 5.91 Å². The minimum absolute atomic E-state index is 0.156. The van der Waals surface area contributed by atoms with Crippen molar-refractivity contribution in [3.8, 4) is 0 Å². The Morgan fingerprint density at radius 3 is 2.50 bits per heavy atom. The normalized spacial score (nSPS) is 18.6. The number of amidine groups is 1. The van der Waals surface area contributed by atoms with E-state index < -0.39 is 0 Å². The number of hydrogen-bond donors (Lipinski definition) is 1. The molecular weight excluding hydrogens is 408 g/mol. The fraction of sp³-hybridized carbons (Fsp3) is 0.565. The molecule has 1 N–H and O–H groups in total. The first-order valence-electron chi connectivity index (χ1n) is 11.1. The predicted octanol–water partition coefficient (Wildman–Crippen LogP) is 2.96. The van der Waals surface area contributed by atoms with Crippen LogP contribution in [0.25, 0.3) is 0 Å². The summed E-state index contributed by atoms with van der Waals surface area (Å²) in [5, 5.41) is 7.64. The zero-order valence-corrected chi connectivity index (χ0v) is 19.6. The second kappa shape index (κ2) is 8.63. The van der Waals surface area contributed by atoms with Gasteiger partial charge in [0.15, 0.2) is 5.84 Å². The first-order chi connectivity index (χ1) is 15.3. The van der Waals surface area contributed by atoms with Gasteiger partial charge in [-0.1, -0.05) is 0 Å². The van der Waals surface area contributed by atoms with Crippen LogP contribution >= 0.6 is 0 Å². The van der Waals surface area contributed by atoms with Gasteiger partial charge < -0.3 is 14.5 Å². The molecule has 0 atom stereocenters. The van der Waals surface area contributed by atoms with Crippen molar-refractivity contribution in [2.24, 2.45) is 9.98 Å². The molecule has 4 rings (SSSR count). The molecule has 1 aliphatic heterocycles. The maximum Gasteiger partial charge on any atom is 0.282 e. The highest BCUT2D eigenvalue weighted by Crippen LogP contribution is 2.40. The molecule has 9 heteroatoms. The van der Waals surface area contributed by atoms with Crippen molar-refractivity contribution >= 4 is 24.3 Å². The van der Waals surface area contributed by atoms with Crippen molar-refractivity contribution < 1.29 is 13.9 Å². The lowest BCUT2D eigenvalue weighted by atomic mass is 10.1. The van der Waals surface area contributed by atoms with Crippen molar-refractivity contribution in [3.05, 3.63) is 33.8 Å². The van der Waals surface area contributed by atoms with E-state index in [0.717, 1.165) is 62.6 Å². The number of nitrogens with zero attached hydrogens (tertiary/aromatic N) is 5. The van der Waals surface area contributed by atoms with Crippen molar-refractivity contribution in [3.63, 3.8) is 0 Å². The first kappa shape index (κ1) is 22.4. The lowest BCUT2D eigenvalue weighted by Gasteiger charge is -2.26. The zero-order valence-electron chi connectivity index (χ0n) is 19.6. The zero-order chi connectivity index (χ0) is 23.0. The average molecular weight is 441 g/mol. The number of furan rings is 1. The molecule has 0 radical (unpaired) electrons. The standard InChI is InChI=1S/C23H32N6O3/c1-14-17(13-28-9-11-31-12-10-28)15(2)29(27-14)22(30)18-16(3)32-21(25-6)19(18)20(24-5)26-23(4)7-8-23/h25H,5,7-13H2,1-4,6H3. The van der Waals surface area contributed by atoms with Gasteiger partial charge >= 0.3 is 0 Å². The number of carbonyl (C=O) groups excluding carboxylic acids is 1. The van der Waals surface area contributed by atoms with E-state index in [1.807, 2.05) is 13.8 Å². The Balaban J connectivity index is 1.74. The molecule has 9 nitrogen and oxygen atoms in total. The van der Waals surface area contributed by atoms with Crippen LogP contribution in [0.5, 0.6) is 0 Å². The van der Waals surface area contributed by atoms with Crippen LogP contribution in [0.2, 0.25) is 0 Å². The van der Waals surface area contributed by atoms with Gasteiger partial charge in [0, 0.05) is 37.9 Å². The third kappa shape index (κ3) is 4.14. The number of carbonyl (C=O) groups is 1. The maximum absolute atomic E-state index is 13.8. The lowest BCUT2D eigenvalue weighted by molar-refractivity contribution is 0.0340. The molecule has 1 saturated heterocycles. The molecule has 0 aromatic carbocycles. The van der Waals surface area contributed by atoms with Crippen LogP contribution in [0.4, 0.5) is 5.88 Å². The quantitative estimate of drug-likeness (QED) is 0.548. The van der Waals surface area contributed by atoms with Crippen molar-refractivity contribution in [2.45, 2.75) is 52.6 Å². The highest BCUT2D eigenvalue weighted by Gasteiger charge is 2.39. The molecule has 0 spiro atoms. The van der Waals surface area contributed by atoms with Crippen LogP contribution < -0.4 is 5.32 Å². The van der Waals surface area contributed by atoms with Gasteiger partial charge in [-0.25, -0.2) is 9.67 Å². The Morgan fingerprint density at radius 2 is 1.91 bits per heavy atom. The first-order valence-corrected chi connectivity index (χ1v) is 11.1. The van der Waals surface area contributed by atoms with Gasteiger partial charge in [0.05, 0.1) is 35.6 Å². The summed E-state index contributed by atoms with van der Waals surface area (Å²) in [4.78, 5) is 25.0. The molecule has 2 aliphatic rings. The summed E-state index contributed by atoms with van der Waals surface area (Å²) in [6.45, 7) is 15.4. The molecule has 0 bridgehead atoms. The Hall–Kier alpha value is -2.78. The number of aromatic nitrogens is 2. The summed E-state index contributed by atoms with van der Waals surface area (Å²) < 4.78 is 12.8. The average Bonchev–Trinajstić information content (AvgIpc) is 3.32. The van der Waals surface area contributed by atoms with Crippen LogP contribution in [-0.4, -0.2) is 72.0 Å². The molecule has 32 heavy (non-hydrogen) atoms. The van der Waals surface area contributed by atoms with Crippen LogP contribution in [0.1, 0.15) is 58.4 Å². The number of nitrogens with one attached hydrogen (secondary N) is 1. The van der Waals surface area contributed by atoms with Gasteiger partial charge in [-0.3, -0.25) is 14.7 Å². The topological polar surface area (TPSA) is 97.3 Å². The number of anilines is 1. The maximum atomic E-state index is 13.8. The van der Waals surface area contributed by atoms with E-state index in [4.69, 9.17) is 14.1 Å². The molecule has 2 aromatic rings. The number of aryl methyl sites for hydroxylation is 2. The second-order valence-corrected chi connectivity index (χ2v) is 8.83. The summed E-state index contributed by atoms with van der Waals surface area (Å²) in [6.07, 6.45) is 1.98. The molecule has 1 aliphatic carbocycles. The number of aliphatic imine (C=N–C) groups is 2. The summed E-state index contributed by atoms with van der Waals surface area (Å²) in [5.41, 5.74) is 3.54. The van der Waals surface area contributed by atoms with Crippen molar-refractivity contribution in [1.29, 1.82) is 0 Å². The second-order valence-electron chi connectivity index (χ2n) is 8.83. The van der Waals surface area contributed by atoms with E-state index in [1.54, 1.807) is 14.0 Å². The molecule has 2 aromatic heterocycles. The smallest absolute Gasteiger partial charge is 0.282 e. The van der Waals surface area contributed by atoms with E-state index in [0.29, 0.717) is 28.6 Å². The fourth-order valence-corrected chi connectivity index (χ4v) is 4.10. The van der Waals surface area contributed by atoms with E-state index in [2.05, 4.69) is 33.9 Å². The molecule has 1 saturated carbocycles. The number of ether oxygens (including phenoxy) is 1. The van der Waals surface area contributed by atoms with Crippen LogP contribution in [0.15, 0.2) is 14.4 Å². The van der Waals surface area contributed by atoms with Crippen molar-refractivity contribution in [1.82, 2.24) is 14.7 Å². The van der Waals surface area contributed by atoms with E-state index in [9.17, 15) is 4.79 Å². The minimum atomic E-state index is -0.256. The third-order valence-corrected chi connectivity index (χ3v) is 6.37. The van der Waals surface area contributed by atoms with E-state index in [-0.39, 0.29) is 11.4 Å². The molecule has 0 amide bonds. The summed E-state index contributed by atoms with van der Waals surface area (Å²) in [7, 11) is 1.75. The summed E-state index contributed by atoms with van der Waals surface area (Å²) in [5.74, 6) is 1.11. The highest BCUT2D eigenvalue weighted by molar-refractivity contribution is 6.14. The number of hydrogen-bond acceptors (Lipinski definition) is 7. The van der Waals surface area contributed by atoms with Gasteiger partial charge in [0.2, 0.25) is 5.88 Å². The molecule has 3 heterocycles. The highest BCUT2D eigenvalue weighted by atomic mass is 16.5. The Bertz CT molecular complexity index is 1070. The molecule has 172 valence electrons. The molecule has 0 unspecified atom stereocenters. The van der Waals surface area contributed by atoms with E-state index >= 15 is 0 Å². The Labute approximate surface area is 188 Å². The summed E-state index contributed by atoms with van der Waals surface area (Å²) in [6, 6.07) is 0. The van der Waals surface area contributed by atoms with Gasteiger partial charge in [-0.2, -0.15) is 5.10 Å². The third-order valence-electron chi connectivity index (χ3n) is 6.37. The van der Waals surface area contributed by atoms with Crippen LogP contribution in [0, 0.1) is 20.8 Å². The van der Waals surface area contributed by atoms with Gasteiger partial charge in [0.1, 0.15) is 5.76 Å². The van der Waals surface area contributed by atoms with E-state index in [1.165, 1.54) is 4.68 Å². The monoisotopic (exact) mass is 440 g/mol. The Morgan fingerprint density at radius 1 is 1.22 bits per heavy atom. The SMILES string of the molecule is C=NC(=NC1(C)CC1)c1c(NC)oc(C)c1C(=O)n1nc(C)c(CN2CCOCC2)c1C. The van der Waals surface area contributed by atoms with Crippen molar-refractivity contribution in [2.75, 3.05) is 38.7 Å². The minimum Gasteiger partial charge on any atom is -0.444 e. The van der Waals surface area contributed by atoms with Gasteiger partial charge in [-0.15, -0.1) is 0 Å².